The van der Waals surface area contributed by atoms with Gasteiger partial charge in [-0.05, 0) is 19.1 Å². The van der Waals surface area contributed by atoms with Crippen molar-refractivity contribution in [3.8, 4) is 17.2 Å². The first-order valence-electron chi connectivity index (χ1n) is 7.84. The molecule has 1 unspecified atom stereocenters. The standard InChI is InChI=1S/C17H21ClN2O6/c1-5-26-16(21)12-10(8-18)19-17(22)20-13(12)9-6-7-11(23-2)15(25-4)14(9)24-3/h6-7,13H,5,8H2,1-4H3,(H2,19,20,22). The summed E-state index contributed by atoms with van der Waals surface area (Å²) >= 11 is 5.93. The van der Waals surface area contributed by atoms with Gasteiger partial charge in [0.2, 0.25) is 5.75 Å². The molecule has 1 atom stereocenters. The third-order valence-corrected chi connectivity index (χ3v) is 4.10. The summed E-state index contributed by atoms with van der Waals surface area (Å²) < 4.78 is 21.2. The number of hydrogen-bond acceptors (Lipinski definition) is 6. The Labute approximate surface area is 156 Å². The Morgan fingerprint density at radius 3 is 2.38 bits per heavy atom. The van der Waals surface area contributed by atoms with Crippen molar-refractivity contribution in [3.05, 3.63) is 29.0 Å². The maximum atomic E-state index is 12.5. The van der Waals surface area contributed by atoms with E-state index >= 15 is 0 Å². The van der Waals surface area contributed by atoms with Gasteiger partial charge in [0.15, 0.2) is 11.5 Å². The second-order valence-electron chi connectivity index (χ2n) is 5.20. The molecular weight excluding hydrogens is 364 g/mol. The van der Waals surface area contributed by atoms with E-state index in [-0.39, 0.29) is 23.8 Å². The summed E-state index contributed by atoms with van der Waals surface area (Å²) in [4.78, 5) is 24.6. The first kappa shape index (κ1) is 19.7. The number of rotatable bonds is 7. The minimum absolute atomic E-state index is 0.0618. The Morgan fingerprint density at radius 1 is 1.15 bits per heavy atom. The van der Waals surface area contributed by atoms with E-state index in [1.54, 1.807) is 19.1 Å². The highest BCUT2D eigenvalue weighted by Gasteiger charge is 2.36. The van der Waals surface area contributed by atoms with Crippen molar-refractivity contribution >= 4 is 23.6 Å². The summed E-state index contributed by atoms with van der Waals surface area (Å²) in [5.74, 6) is 0.476. The number of allylic oxidation sites excluding steroid dienone is 1. The average Bonchev–Trinajstić information content (AvgIpc) is 2.65. The zero-order chi connectivity index (χ0) is 19.3. The molecule has 0 saturated carbocycles. The summed E-state index contributed by atoms with van der Waals surface area (Å²) in [5.41, 5.74) is 0.980. The van der Waals surface area contributed by atoms with E-state index in [4.69, 9.17) is 30.5 Å². The van der Waals surface area contributed by atoms with E-state index in [1.165, 1.54) is 21.3 Å². The van der Waals surface area contributed by atoms with Crippen LogP contribution in [0.4, 0.5) is 4.79 Å². The molecule has 1 aliphatic heterocycles. The molecule has 2 rings (SSSR count). The van der Waals surface area contributed by atoms with Gasteiger partial charge < -0.3 is 29.6 Å². The molecule has 0 aliphatic carbocycles. The molecular formula is C17H21ClN2O6. The highest BCUT2D eigenvalue weighted by atomic mass is 35.5. The fraction of sp³-hybridized carbons (Fsp3) is 0.412. The van der Waals surface area contributed by atoms with Crippen LogP contribution in [-0.4, -0.2) is 45.8 Å². The molecule has 9 heteroatoms. The molecule has 0 spiro atoms. The molecule has 8 nitrogen and oxygen atoms in total. The highest BCUT2D eigenvalue weighted by molar-refractivity contribution is 6.20. The normalized spacial score (nSPS) is 16.5. The fourth-order valence-corrected chi connectivity index (χ4v) is 2.97. The number of esters is 1. The van der Waals surface area contributed by atoms with Crippen molar-refractivity contribution in [3.63, 3.8) is 0 Å². The van der Waals surface area contributed by atoms with Crippen molar-refractivity contribution in [2.75, 3.05) is 33.8 Å². The zero-order valence-electron chi connectivity index (χ0n) is 15.0. The SMILES string of the molecule is CCOC(=O)C1=C(CCl)NC(=O)NC1c1ccc(OC)c(OC)c1OC. The Hall–Kier alpha value is -2.61. The number of ether oxygens (including phenoxy) is 4. The molecule has 0 bridgehead atoms. The predicted octanol–water partition coefficient (Wildman–Crippen LogP) is 2.12. The molecule has 0 aromatic heterocycles. The third-order valence-electron chi connectivity index (χ3n) is 3.83. The van der Waals surface area contributed by atoms with Crippen molar-refractivity contribution in [2.24, 2.45) is 0 Å². The van der Waals surface area contributed by atoms with Crippen LogP contribution < -0.4 is 24.8 Å². The van der Waals surface area contributed by atoms with Crippen LogP contribution in [0.5, 0.6) is 17.2 Å². The van der Waals surface area contributed by atoms with Crippen LogP contribution in [0, 0.1) is 0 Å². The Kier molecular flexibility index (Phi) is 6.57. The number of carbonyl (C=O) groups excluding carboxylic acids is 2. The van der Waals surface area contributed by atoms with Crippen LogP contribution in [0.15, 0.2) is 23.4 Å². The number of urea groups is 1. The number of nitrogens with one attached hydrogen (secondary N) is 2. The topological polar surface area (TPSA) is 95.1 Å². The van der Waals surface area contributed by atoms with Crippen molar-refractivity contribution in [1.82, 2.24) is 10.6 Å². The van der Waals surface area contributed by atoms with Gasteiger partial charge in [0, 0.05) is 11.3 Å². The van der Waals surface area contributed by atoms with Crippen LogP contribution in [0.25, 0.3) is 0 Å². The summed E-state index contributed by atoms with van der Waals surface area (Å²) in [6, 6.07) is 2.03. The van der Waals surface area contributed by atoms with Gasteiger partial charge in [0.05, 0.1) is 45.4 Å². The lowest BCUT2D eigenvalue weighted by Crippen LogP contribution is -2.46. The first-order valence-corrected chi connectivity index (χ1v) is 8.38. The molecule has 1 aromatic carbocycles. The Bertz CT molecular complexity index is 734. The molecule has 0 saturated heterocycles. The summed E-state index contributed by atoms with van der Waals surface area (Å²) in [6.07, 6.45) is 0. The van der Waals surface area contributed by atoms with Crippen LogP contribution >= 0.6 is 11.6 Å². The van der Waals surface area contributed by atoms with Crippen molar-refractivity contribution in [2.45, 2.75) is 13.0 Å². The minimum Gasteiger partial charge on any atom is -0.493 e. The number of amides is 2. The number of alkyl halides is 1. The summed E-state index contributed by atoms with van der Waals surface area (Å²) in [7, 11) is 4.43. The van der Waals surface area contributed by atoms with E-state index in [0.29, 0.717) is 22.8 Å². The number of halogens is 1. The molecule has 26 heavy (non-hydrogen) atoms. The summed E-state index contributed by atoms with van der Waals surface area (Å²) in [6.45, 7) is 1.88. The lowest BCUT2D eigenvalue weighted by molar-refractivity contribution is -0.139. The molecule has 2 amide bonds. The Balaban J connectivity index is 2.67. The predicted molar refractivity (Wildman–Crippen MR) is 94.9 cm³/mol. The smallest absolute Gasteiger partial charge is 0.338 e. The van der Waals surface area contributed by atoms with Crippen LogP contribution in [0.1, 0.15) is 18.5 Å². The lowest BCUT2D eigenvalue weighted by atomic mass is 9.94. The quantitative estimate of drug-likeness (QED) is 0.552. The van der Waals surface area contributed by atoms with Gasteiger partial charge in [-0.25, -0.2) is 9.59 Å². The number of carbonyl (C=O) groups is 2. The highest BCUT2D eigenvalue weighted by Crippen LogP contribution is 2.44. The lowest BCUT2D eigenvalue weighted by Gasteiger charge is -2.30. The second kappa shape index (κ2) is 8.66. The van der Waals surface area contributed by atoms with E-state index in [2.05, 4.69) is 10.6 Å². The number of methoxy groups -OCH3 is 3. The van der Waals surface area contributed by atoms with E-state index < -0.39 is 18.0 Å². The van der Waals surface area contributed by atoms with Crippen molar-refractivity contribution < 1.29 is 28.5 Å². The zero-order valence-corrected chi connectivity index (χ0v) is 15.7. The van der Waals surface area contributed by atoms with Gasteiger partial charge >= 0.3 is 12.0 Å². The monoisotopic (exact) mass is 384 g/mol. The number of hydrogen-bond donors (Lipinski definition) is 2. The van der Waals surface area contributed by atoms with Gasteiger partial charge in [0.25, 0.3) is 0 Å². The van der Waals surface area contributed by atoms with E-state index in [9.17, 15) is 9.59 Å². The molecule has 1 aliphatic rings. The van der Waals surface area contributed by atoms with Crippen molar-refractivity contribution in [1.29, 1.82) is 0 Å². The molecule has 0 radical (unpaired) electrons. The average molecular weight is 385 g/mol. The molecule has 142 valence electrons. The summed E-state index contributed by atoms with van der Waals surface area (Å²) in [5, 5.41) is 5.25. The van der Waals surface area contributed by atoms with Gasteiger partial charge in [-0.1, -0.05) is 0 Å². The first-order chi connectivity index (χ1) is 12.5. The van der Waals surface area contributed by atoms with Crippen LogP contribution in [0.2, 0.25) is 0 Å². The molecule has 1 heterocycles. The molecule has 1 aromatic rings. The maximum absolute atomic E-state index is 12.5. The molecule has 2 N–H and O–H groups in total. The maximum Gasteiger partial charge on any atom is 0.338 e. The van der Waals surface area contributed by atoms with Crippen LogP contribution in [-0.2, 0) is 9.53 Å². The van der Waals surface area contributed by atoms with E-state index in [1.807, 2.05) is 0 Å². The van der Waals surface area contributed by atoms with Crippen LogP contribution in [0.3, 0.4) is 0 Å². The largest absolute Gasteiger partial charge is 0.493 e. The third kappa shape index (κ3) is 3.65. The van der Waals surface area contributed by atoms with Gasteiger partial charge in [-0.3, -0.25) is 0 Å². The minimum atomic E-state index is -0.827. The number of benzene rings is 1. The second-order valence-corrected chi connectivity index (χ2v) is 5.47. The van der Waals surface area contributed by atoms with Gasteiger partial charge in [-0.15, -0.1) is 11.6 Å². The Morgan fingerprint density at radius 2 is 1.85 bits per heavy atom. The fourth-order valence-electron chi connectivity index (χ4n) is 2.76. The van der Waals surface area contributed by atoms with E-state index in [0.717, 1.165) is 0 Å². The van der Waals surface area contributed by atoms with Gasteiger partial charge in [-0.2, -0.15) is 0 Å². The molecule has 0 fully saturated rings. The van der Waals surface area contributed by atoms with Gasteiger partial charge in [0.1, 0.15) is 0 Å².